The third kappa shape index (κ3) is 5.63. The van der Waals surface area contributed by atoms with Gasteiger partial charge < -0.3 is 19.7 Å². The normalized spacial score (nSPS) is 33.1. The van der Waals surface area contributed by atoms with Crippen LogP contribution in [0.5, 0.6) is 0 Å². The lowest BCUT2D eigenvalue weighted by Gasteiger charge is -2.35. The minimum Gasteiger partial charge on any atom is -0.376 e. The highest BCUT2D eigenvalue weighted by Gasteiger charge is 2.44. The summed E-state index contributed by atoms with van der Waals surface area (Å²) < 4.78 is 12.0. The van der Waals surface area contributed by atoms with Crippen LogP contribution < -0.4 is 5.32 Å². The zero-order valence-electron chi connectivity index (χ0n) is 17.9. The summed E-state index contributed by atoms with van der Waals surface area (Å²) in [7, 11) is 0. The van der Waals surface area contributed by atoms with Crippen molar-refractivity contribution in [2.24, 2.45) is 16.8 Å². The van der Waals surface area contributed by atoms with Crippen molar-refractivity contribution in [2.45, 2.75) is 95.8 Å². The second-order valence-electron chi connectivity index (χ2n) is 9.35. The number of likely N-dealkylation sites (tertiary alicyclic amines) is 1. The molecule has 0 amide bonds. The van der Waals surface area contributed by atoms with Crippen LogP contribution in [0.3, 0.4) is 0 Å². The first-order valence-corrected chi connectivity index (χ1v) is 12.1. The van der Waals surface area contributed by atoms with Crippen molar-refractivity contribution in [1.29, 1.82) is 0 Å². The van der Waals surface area contributed by atoms with Crippen LogP contribution in [0.1, 0.15) is 77.6 Å². The first-order chi connectivity index (χ1) is 13.8. The fourth-order valence-corrected chi connectivity index (χ4v) is 5.43. The molecule has 0 aromatic heterocycles. The van der Waals surface area contributed by atoms with Gasteiger partial charge in [0.15, 0.2) is 5.96 Å². The zero-order valence-corrected chi connectivity index (χ0v) is 17.9. The molecule has 160 valence electrons. The van der Waals surface area contributed by atoms with Gasteiger partial charge in [-0.1, -0.05) is 32.1 Å². The number of nitrogens with one attached hydrogen (secondary N) is 1. The number of aliphatic imine (C=N–C) groups is 1. The van der Waals surface area contributed by atoms with Gasteiger partial charge in [-0.2, -0.15) is 0 Å². The molecule has 0 aromatic carbocycles. The van der Waals surface area contributed by atoms with Crippen LogP contribution in [0.15, 0.2) is 4.99 Å². The summed E-state index contributed by atoms with van der Waals surface area (Å²) in [4.78, 5) is 7.29. The fourth-order valence-electron chi connectivity index (χ4n) is 5.43. The molecule has 0 aromatic rings. The van der Waals surface area contributed by atoms with Gasteiger partial charge in [0, 0.05) is 32.3 Å². The Morgan fingerprint density at radius 1 is 1.04 bits per heavy atom. The lowest BCUT2D eigenvalue weighted by Crippen LogP contribution is -2.48. The quantitative estimate of drug-likeness (QED) is 0.550. The molecule has 5 nitrogen and oxygen atoms in total. The minimum atomic E-state index is 0.331. The molecule has 0 radical (unpaired) electrons. The molecule has 4 aliphatic rings. The van der Waals surface area contributed by atoms with E-state index in [0.717, 1.165) is 63.5 Å². The van der Waals surface area contributed by atoms with E-state index in [-0.39, 0.29) is 0 Å². The van der Waals surface area contributed by atoms with Gasteiger partial charge in [0.25, 0.3) is 0 Å². The monoisotopic (exact) mass is 391 g/mol. The van der Waals surface area contributed by atoms with Crippen molar-refractivity contribution in [1.82, 2.24) is 10.2 Å². The summed E-state index contributed by atoms with van der Waals surface area (Å²) in [6.07, 6.45) is 15.2. The molecule has 2 aliphatic carbocycles. The molecule has 0 spiro atoms. The largest absolute Gasteiger partial charge is 0.376 e. The summed E-state index contributed by atoms with van der Waals surface area (Å²) in [5, 5.41) is 3.82. The Bertz CT molecular complexity index is 492. The van der Waals surface area contributed by atoms with Crippen molar-refractivity contribution < 1.29 is 9.47 Å². The average molecular weight is 392 g/mol. The lowest BCUT2D eigenvalue weighted by atomic mass is 9.85. The smallest absolute Gasteiger partial charge is 0.194 e. The predicted octanol–water partition coefficient (Wildman–Crippen LogP) is 3.97. The highest BCUT2D eigenvalue weighted by molar-refractivity contribution is 5.80. The first kappa shape index (κ1) is 20.5. The third-order valence-corrected chi connectivity index (χ3v) is 7.25. The van der Waals surface area contributed by atoms with E-state index in [9.17, 15) is 0 Å². The molecule has 28 heavy (non-hydrogen) atoms. The van der Waals surface area contributed by atoms with Crippen LogP contribution >= 0.6 is 0 Å². The third-order valence-electron chi connectivity index (χ3n) is 7.25. The van der Waals surface area contributed by atoms with Crippen LogP contribution in [-0.4, -0.2) is 62.0 Å². The van der Waals surface area contributed by atoms with E-state index < -0.39 is 0 Å². The minimum absolute atomic E-state index is 0.331. The summed E-state index contributed by atoms with van der Waals surface area (Å²) >= 11 is 0. The molecule has 5 heteroatoms. The first-order valence-electron chi connectivity index (χ1n) is 12.1. The summed E-state index contributed by atoms with van der Waals surface area (Å²) in [5.41, 5.74) is 0. The van der Waals surface area contributed by atoms with E-state index in [0.29, 0.717) is 18.2 Å². The molecular formula is C23H41N3O2. The topological polar surface area (TPSA) is 46.1 Å². The Labute approximate surface area is 171 Å². The molecule has 3 unspecified atom stereocenters. The molecule has 2 saturated carbocycles. The van der Waals surface area contributed by atoms with E-state index in [1.165, 1.54) is 57.8 Å². The van der Waals surface area contributed by atoms with E-state index >= 15 is 0 Å². The van der Waals surface area contributed by atoms with Crippen molar-refractivity contribution in [2.75, 3.05) is 32.8 Å². The lowest BCUT2D eigenvalue weighted by molar-refractivity contribution is -0.0721. The average Bonchev–Trinajstić information content (AvgIpc) is 3.53. The number of ether oxygens (including phenoxy) is 2. The highest BCUT2D eigenvalue weighted by atomic mass is 16.5. The fraction of sp³-hybridized carbons (Fsp3) is 0.957. The molecular weight excluding hydrogens is 350 g/mol. The molecule has 2 aliphatic heterocycles. The van der Waals surface area contributed by atoms with Crippen LogP contribution in [-0.2, 0) is 9.47 Å². The van der Waals surface area contributed by atoms with Gasteiger partial charge in [0.2, 0.25) is 0 Å². The summed E-state index contributed by atoms with van der Waals surface area (Å²) in [6, 6.07) is 0.672. The molecule has 0 bridgehead atoms. The van der Waals surface area contributed by atoms with E-state index in [2.05, 4.69) is 17.1 Å². The number of piperidine rings is 1. The van der Waals surface area contributed by atoms with Gasteiger partial charge in [0.05, 0.1) is 18.8 Å². The second-order valence-corrected chi connectivity index (χ2v) is 9.35. The van der Waals surface area contributed by atoms with Crippen LogP contribution in [0.4, 0.5) is 0 Å². The Morgan fingerprint density at radius 2 is 1.82 bits per heavy atom. The molecule has 4 rings (SSSR count). The molecule has 3 atom stereocenters. The van der Waals surface area contributed by atoms with E-state index in [4.69, 9.17) is 14.5 Å². The number of guanidine groups is 1. The van der Waals surface area contributed by atoms with Crippen LogP contribution in [0, 0.1) is 11.8 Å². The van der Waals surface area contributed by atoms with Crippen molar-refractivity contribution >= 4 is 5.96 Å². The van der Waals surface area contributed by atoms with Crippen molar-refractivity contribution in [3.05, 3.63) is 0 Å². The summed E-state index contributed by atoms with van der Waals surface area (Å²) in [5.74, 6) is 3.02. The van der Waals surface area contributed by atoms with Crippen LogP contribution in [0.25, 0.3) is 0 Å². The molecule has 2 saturated heterocycles. The Kier molecular flexibility index (Phi) is 7.52. The standard InChI is InChI=1S/C23H41N3O2/c1-2-24-23(25-22-16-21(22)18-8-4-3-5-9-18)26-13-11-19(12-14-26)28-17-20-10-6-7-15-27-20/h18-22H,2-17H2,1H3,(H,24,25). The molecule has 4 fully saturated rings. The predicted molar refractivity (Wildman–Crippen MR) is 114 cm³/mol. The number of hydrogen-bond acceptors (Lipinski definition) is 3. The maximum Gasteiger partial charge on any atom is 0.194 e. The van der Waals surface area contributed by atoms with E-state index in [1.54, 1.807) is 0 Å². The second kappa shape index (κ2) is 10.3. The zero-order chi connectivity index (χ0) is 19.2. The van der Waals surface area contributed by atoms with Gasteiger partial charge in [-0.3, -0.25) is 4.99 Å². The van der Waals surface area contributed by atoms with Crippen LogP contribution in [0.2, 0.25) is 0 Å². The Hall–Kier alpha value is -0.810. The molecule has 1 N–H and O–H groups in total. The van der Waals surface area contributed by atoms with Crippen molar-refractivity contribution in [3.8, 4) is 0 Å². The maximum absolute atomic E-state index is 6.19. The van der Waals surface area contributed by atoms with Gasteiger partial charge in [-0.25, -0.2) is 0 Å². The van der Waals surface area contributed by atoms with Crippen molar-refractivity contribution in [3.63, 3.8) is 0 Å². The maximum atomic E-state index is 6.19. The number of rotatable bonds is 6. The SMILES string of the molecule is CCN=C(NC1CC1C1CCCCC1)N1CCC(OCC2CCCCO2)CC1. The van der Waals surface area contributed by atoms with Gasteiger partial charge >= 0.3 is 0 Å². The summed E-state index contributed by atoms with van der Waals surface area (Å²) in [6.45, 7) is 6.82. The number of nitrogens with zero attached hydrogens (tertiary/aromatic N) is 2. The Balaban J connectivity index is 1.19. The highest BCUT2D eigenvalue weighted by Crippen LogP contribution is 2.44. The van der Waals surface area contributed by atoms with Gasteiger partial charge in [-0.05, 0) is 57.3 Å². The van der Waals surface area contributed by atoms with E-state index in [1.807, 2.05) is 0 Å². The van der Waals surface area contributed by atoms with Gasteiger partial charge in [0.1, 0.15) is 0 Å². The van der Waals surface area contributed by atoms with Gasteiger partial charge in [-0.15, -0.1) is 0 Å². The Morgan fingerprint density at radius 3 is 2.54 bits per heavy atom. The number of hydrogen-bond donors (Lipinski definition) is 1. The molecule has 2 heterocycles.